The van der Waals surface area contributed by atoms with Crippen molar-refractivity contribution in [2.75, 3.05) is 34.2 Å². The Labute approximate surface area is 465 Å². The molecule has 0 amide bonds. The van der Waals surface area contributed by atoms with Gasteiger partial charge < -0.3 is 40.2 Å². The zero-order chi connectivity index (χ0) is 56.3. The normalized spacial score (nSPS) is 13.0. The minimum atomic E-state index is -4.04. The number of hydrogen-bond acceptors (Lipinski definition) is 18. The van der Waals surface area contributed by atoms with Crippen molar-refractivity contribution in [2.45, 2.75) is 116 Å². The second-order valence-electron chi connectivity index (χ2n) is 19.2. The van der Waals surface area contributed by atoms with Gasteiger partial charge in [0, 0.05) is 74.0 Å². The fraction of sp³-hybridized carbons (Fsp3) is 0.440. The summed E-state index contributed by atoms with van der Waals surface area (Å²) in [5.74, 6) is -7.20. The number of allylic oxidation sites excluding steroid dienone is 2. The first-order valence-electron chi connectivity index (χ1n) is 22.9. The molecule has 0 unspecified atom stereocenters. The molecule has 20 nitrogen and oxygen atoms in total. The molecule has 2 atom stereocenters. The molecule has 0 aliphatic carbocycles. The van der Waals surface area contributed by atoms with Gasteiger partial charge in [0.1, 0.15) is 11.6 Å². The Kier molecular flexibility index (Phi) is 24.4. The Morgan fingerprint density at radius 3 is 1.13 bits per heavy atom. The second kappa shape index (κ2) is 27.7. The van der Waals surface area contributed by atoms with Gasteiger partial charge in [-0.25, -0.2) is 54.2 Å². The number of anilines is 2. The van der Waals surface area contributed by atoms with Crippen LogP contribution < -0.4 is 18.8 Å². The third-order valence-electron chi connectivity index (χ3n) is 10.3. The molecule has 0 fully saturated rings. The van der Waals surface area contributed by atoms with Gasteiger partial charge in [-0.3, -0.25) is 9.59 Å². The summed E-state index contributed by atoms with van der Waals surface area (Å²) >= 11 is 0. The predicted octanol–water partition coefficient (Wildman–Crippen LogP) is 2.45. The van der Waals surface area contributed by atoms with E-state index in [2.05, 4.69) is 19.9 Å². The van der Waals surface area contributed by atoms with Crippen LogP contribution in [0, 0.1) is 11.6 Å². The summed E-state index contributed by atoms with van der Waals surface area (Å²) in [4.78, 5) is 63.7. The molecule has 2 heterocycles. The quantitative estimate of drug-likeness (QED) is 0.0578. The molecule has 404 valence electrons. The predicted molar refractivity (Wildman–Crippen MR) is 274 cm³/mol. The summed E-state index contributed by atoms with van der Waals surface area (Å²) in [5, 5.41) is 60.8. The van der Waals surface area contributed by atoms with Crippen molar-refractivity contribution >= 4 is 105 Å². The van der Waals surface area contributed by atoms with Gasteiger partial charge in [0.15, 0.2) is 11.6 Å². The van der Waals surface area contributed by atoms with Crippen molar-refractivity contribution in [3.63, 3.8) is 0 Å². The molecule has 0 saturated carbocycles. The number of sulfonamides is 2. The smallest absolute Gasteiger partial charge is 0.550 e. The number of ketones is 2. The average molecular weight is 1110 g/mol. The van der Waals surface area contributed by atoms with E-state index in [1.165, 1.54) is 102 Å². The van der Waals surface area contributed by atoms with E-state index >= 15 is 0 Å². The molecule has 75 heavy (non-hydrogen) atoms. The largest absolute Gasteiger partial charge is 2.00 e. The van der Waals surface area contributed by atoms with Crippen LogP contribution in [0.2, 0.25) is 0 Å². The number of carbonyl (C=O) groups is 4. The fourth-order valence-electron chi connectivity index (χ4n) is 6.91. The Bertz CT molecular complexity index is 2750. The van der Waals surface area contributed by atoms with Gasteiger partial charge in [0.25, 0.3) is 0 Å². The maximum atomic E-state index is 13.6. The van der Waals surface area contributed by atoms with Crippen molar-refractivity contribution < 1.29 is 75.4 Å². The Morgan fingerprint density at radius 1 is 0.587 bits per heavy atom. The number of hydrogen-bond donors (Lipinski definition) is 4. The molecular formula is C50H62CaF2N6O14S2. The zero-order valence-corrected chi connectivity index (χ0v) is 47.2. The molecule has 0 radical (unpaired) electrons. The van der Waals surface area contributed by atoms with Crippen molar-refractivity contribution in [2.24, 2.45) is 0 Å². The van der Waals surface area contributed by atoms with Crippen LogP contribution >= 0.6 is 0 Å². The number of nitrogens with zero attached hydrogens (tertiary/aromatic N) is 6. The first-order chi connectivity index (χ1) is 34.0. The van der Waals surface area contributed by atoms with Crippen LogP contribution in [0.1, 0.15) is 115 Å². The molecule has 2 aromatic carbocycles. The third kappa shape index (κ3) is 21.0. The van der Waals surface area contributed by atoms with Crippen LogP contribution in [0.4, 0.5) is 20.7 Å². The average Bonchev–Trinajstić information content (AvgIpc) is 3.25. The number of carboxylic acid groups (broad SMARTS) is 2. The van der Waals surface area contributed by atoms with Gasteiger partial charge in [-0.2, -0.15) is 0 Å². The molecule has 4 N–H and O–H groups in total. The SMILES string of the molecule is CC(C)c1nc(N(C)S(=O)(=O)CC(C)(C)O)nc(-c2ccc(F)cc2)c1/C=C/C(=O)C[C@@H](O)CC(=O)[O-].CC(C)c1nc(N(C)S(=O)(=O)CC(C)(C)O)nc(-c2ccc(F)cc2)c1/C=C/C(=O)C[C@@H](O)CC(=O)[O-].[Ca+2]. The molecule has 2 aromatic heterocycles. The second-order valence-corrected chi connectivity index (χ2v) is 23.2. The van der Waals surface area contributed by atoms with Gasteiger partial charge in [0.05, 0.1) is 57.7 Å². The van der Waals surface area contributed by atoms with Gasteiger partial charge in [0.2, 0.25) is 31.9 Å². The van der Waals surface area contributed by atoms with E-state index in [9.17, 15) is 75.4 Å². The summed E-state index contributed by atoms with van der Waals surface area (Å²) in [5.41, 5.74) is -0.258. The van der Waals surface area contributed by atoms with E-state index in [1.807, 2.05) is 0 Å². The van der Waals surface area contributed by atoms with Crippen LogP contribution in [0.15, 0.2) is 60.7 Å². The number of aliphatic hydroxyl groups excluding tert-OH is 2. The molecular weight excluding hydrogens is 1050 g/mol. The topological polar surface area (TPSA) is 322 Å². The van der Waals surface area contributed by atoms with Crippen molar-refractivity contribution in [3.8, 4) is 22.5 Å². The zero-order valence-electron chi connectivity index (χ0n) is 43.3. The molecule has 0 bridgehead atoms. The molecule has 0 spiro atoms. The van der Waals surface area contributed by atoms with E-state index in [4.69, 9.17) is 0 Å². The van der Waals surface area contributed by atoms with E-state index in [0.717, 1.165) is 20.8 Å². The minimum absolute atomic E-state index is 0. The van der Waals surface area contributed by atoms with Crippen molar-refractivity contribution in [3.05, 3.63) is 94.8 Å². The number of benzene rings is 2. The number of aliphatic hydroxyl groups is 4. The Morgan fingerprint density at radius 2 is 0.880 bits per heavy atom. The van der Waals surface area contributed by atoms with Crippen molar-refractivity contribution in [1.29, 1.82) is 0 Å². The van der Waals surface area contributed by atoms with E-state index < -0.39 is 116 Å². The van der Waals surface area contributed by atoms with Crippen molar-refractivity contribution in [1.82, 2.24) is 19.9 Å². The summed E-state index contributed by atoms with van der Waals surface area (Å²) < 4.78 is 80.6. The molecule has 4 rings (SSSR count). The molecule has 0 aliphatic rings. The minimum Gasteiger partial charge on any atom is -0.550 e. The van der Waals surface area contributed by atoms with E-state index in [1.54, 1.807) is 27.7 Å². The van der Waals surface area contributed by atoms with Crippen LogP contribution in [-0.2, 0) is 39.2 Å². The molecule has 0 aliphatic heterocycles. The third-order valence-corrected chi connectivity index (χ3v) is 14.4. The van der Waals surface area contributed by atoms with Gasteiger partial charge in [-0.05, 0) is 112 Å². The molecule has 0 saturated heterocycles. The Balaban J connectivity index is 0.000000507. The van der Waals surface area contributed by atoms with Crippen LogP contribution in [0.25, 0.3) is 34.7 Å². The number of aliphatic carboxylic acids is 2. The monoisotopic (exact) mass is 1110 g/mol. The Hall–Kier alpha value is -5.18. The summed E-state index contributed by atoms with van der Waals surface area (Å²) in [7, 11) is -5.56. The number of carbonyl (C=O) groups excluding carboxylic acids is 4. The molecule has 25 heteroatoms. The maximum Gasteiger partial charge on any atom is 2.00 e. The van der Waals surface area contributed by atoms with Gasteiger partial charge in [-0.15, -0.1) is 0 Å². The van der Waals surface area contributed by atoms with E-state index in [0.29, 0.717) is 33.6 Å². The summed E-state index contributed by atoms with van der Waals surface area (Å²) in [6.45, 7) is 12.6. The van der Waals surface area contributed by atoms with Gasteiger partial charge >= 0.3 is 37.7 Å². The number of rotatable bonds is 24. The number of halogens is 2. The maximum absolute atomic E-state index is 13.6. The first-order valence-corrected chi connectivity index (χ1v) is 26.1. The van der Waals surface area contributed by atoms with Gasteiger partial charge in [-0.1, -0.05) is 27.7 Å². The summed E-state index contributed by atoms with van der Waals surface area (Å²) in [6.07, 6.45) is -0.0483. The van der Waals surface area contributed by atoms with E-state index in [-0.39, 0.29) is 72.9 Å². The fourth-order valence-corrected chi connectivity index (χ4v) is 9.75. The summed E-state index contributed by atoms with van der Waals surface area (Å²) in [6, 6.07) is 10.6. The number of carboxylic acids is 2. The number of aromatic nitrogens is 4. The first kappa shape index (κ1) is 65.9. The van der Waals surface area contributed by atoms with Crippen LogP contribution in [0.3, 0.4) is 0 Å². The van der Waals surface area contributed by atoms with Crippen LogP contribution in [-0.4, -0.2) is 167 Å². The standard InChI is InChI=1S/2C25H32FN3O7S.Ca/c2*1-15(2)22-20(11-10-18(30)12-19(31)13-21(32)33)23(16-6-8-17(26)9-7-16)28-24(27-22)29(5)37(35,36)14-25(3,4)34;/h2*6-11,15,19,31,34H,12-14H2,1-5H3,(H,32,33);/q;;+2/p-2/b2*11-10+;/t2*19-;/m11./s1. The van der Waals surface area contributed by atoms with Crippen LogP contribution in [0.5, 0.6) is 0 Å². The molecule has 4 aromatic rings.